The van der Waals surface area contributed by atoms with Gasteiger partial charge < -0.3 is 10.2 Å². The third-order valence-electron chi connectivity index (χ3n) is 4.61. The minimum Gasteiger partial charge on any atom is -0.365 e. The molecule has 19 heavy (non-hydrogen) atoms. The van der Waals surface area contributed by atoms with Gasteiger partial charge in [0.25, 0.3) is 0 Å². The maximum atomic E-state index is 3.80. The predicted molar refractivity (Wildman–Crippen MR) is 86.9 cm³/mol. The summed E-state index contributed by atoms with van der Waals surface area (Å²) >= 11 is 3.71. The van der Waals surface area contributed by atoms with Gasteiger partial charge in [-0.1, -0.05) is 32.9 Å². The molecule has 1 fully saturated rings. The molecule has 0 aliphatic carbocycles. The van der Waals surface area contributed by atoms with Gasteiger partial charge in [0, 0.05) is 29.1 Å². The maximum Gasteiger partial charge on any atom is 0.0514 e. The van der Waals surface area contributed by atoms with E-state index in [1.807, 2.05) is 0 Å². The Labute approximate surface area is 125 Å². The number of hydrogen-bond acceptors (Lipinski definition) is 2. The Bertz CT molecular complexity index is 415. The molecular formula is C16H25BrN2. The summed E-state index contributed by atoms with van der Waals surface area (Å²) in [6.45, 7) is 9.05. The van der Waals surface area contributed by atoms with Crippen molar-refractivity contribution in [2.24, 2.45) is 0 Å². The number of piperazine rings is 1. The van der Waals surface area contributed by atoms with Crippen molar-refractivity contribution in [3.8, 4) is 0 Å². The number of nitrogens with zero attached hydrogens (tertiary/aromatic N) is 1. The number of para-hydroxylation sites is 1. The Morgan fingerprint density at radius 2 is 1.95 bits per heavy atom. The van der Waals surface area contributed by atoms with Crippen LogP contribution in [0.15, 0.2) is 28.7 Å². The third-order valence-corrected chi connectivity index (χ3v) is 5.28. The van der Waals surface area contributed by atoms with Crippen LogP contribution in [0.25, 0.3) is 0 Å². The standard InChI is InChI=1S/C16H25BrN2/c1-4-13-11-18-16(5-2,6-3)12-19(13)15-10-8-7-9-14(15)17/h7-10,13,18H,4-6,11-12H2,1-3H3. The highest BCUT2D eigenvalue weighted by Gasteiger charge is 2.36. The van der Waals surface area contributed by atoms with E-state index in [0.29, 0.717) is 6.04 Å². The molecule has 3 heteroatoms. The van der Waals surface area contributed by atoms with Crippen molar-refractivity contribution in [2.45, 2.75) is 51.6 Å². The van der Waals surface area contributed by atoms with Gasteiger partial charge in [0.1, 0.15) is 0 Å². The Morgan fingerprint density at radius 3 is 2.53 bits per heavy atom. The average molecular weight is 325 g/mol. The number of halogens is 1. The largest absolute Gasteiger partial charge is 0.365 e. The molecule has 0 bridgehead atoms. The lowest BCUT2D eigenvalue weighted by atomic mass is 9.87. The zero-order valence-corrected chi connectivity index (χ0v) is 13.8. The third kappa shape index (κ3) is 2.97. The van der Waals surface area contributed by atoms with Crippen LogP contribution in [0.4, 0.5) is 5.69 Å². The molecule has 1 aliphatic rings. The molecule has 0 amide bonds. The molecule has 0 aromatic heterocycles. The van der Waals surface area contributed by atoms with Crippen LogP contribution in [-0.4, -0.2) is 24.7 Å². The van der Waals surface area contributed by atoms with Crippen LogP contribution in [-0.2, 0) is 0 Å². The van der Waals surface area contributed by atoms with Gasteiger partial charge in [0.2, 0.25) is 0 Å². The SMILES string of the molecule is CCC1CNC(CC)(CC)CN1c1ccccc1Br. The first-order chi connectivity index (χ1) is 9.15. The summed E-state index contributed by atoms with van der Waals surface area (Å²) in [4.78, 5) is 2.59. The lowest BCUT2D eigenvalue weighted by Crippen LogP contribution is -2.64. The Morgan fingerprint density at radius 1 is 1.26 bits per heavy atom. The second-order valence-corrected chi connectivity index (χ2v) is 6.36. The molecule has 1 aliphatic heterocycles. The molecular weight excluding hydrogens is 300 g/mol. The van der Waals surface area contributed by atoms with E-state index in [0.717, 1.165) is 13.1 Å². The summed E-state index contributed by atoms with van der Waals surface area (Å²) in [5.41, 5.74) is 1.60. The molecule has 1 aromatic carbocycles. The van der Waals surface area contributed by atoms with Crippen LogP contribution in [0.1, 0.15) is 40.0 Å². The van der Waals surface area contributed by atoms with Gasteiger partial charge in [-0.3, -0.25) is 0 Å². The fraction of sp³-hybridized carbons (Fsp3) is 0.625. The summed E-state index contributed by atoms with van der Waals surface area (Å²) in [5.74, 6) is 0. The monoisotopic (exact) mass is 324 g/mol. The van der Waals surface area contributed by atoms with Crippen molar-refractivity contribution >= 4 is 21.6 Å². The van der Waals surface area contributed by atoms with E-state index < -0.39 is 0 Å². The van der Waals surface area contributed by atoms with Crippen molar-refractivity contribution in [2.75, 3.05) is 18.0 Å². The van der Waals surface area contributed by atoms with Crippen molar-refractivity contribution in [3.05, 3.63) is 28.7 Å². The van der Waals surface area contributed by atoms with Gasteiger partial charge in [-0.05, 0) is 47.3 Å². The first-order valence-electron chi connectivity index (χ1n) is 7.42. The number of hydrogen-bond donors (Lipinski definition) is 1. The zero-order valence-electron chi connectivity index (χ0n) is 12.2. The first kappa shape index (κ1) is 14.9. The Hall–Kier alpha value is -0.540. The molecule has 1 heterocycles. The fourth-order valence-corrected chi connectivity index (χ4v) is 3.52. The molecule has 1 atom stereocenters. The summed E-state index contributed by atoms with van der Waals surface area (Å²) in [6, 6.07) is 9.18. The minimum atomic E-state index is 0.265. The smallest absolute Gasteiger partial charge is 0.0514 e. The Kier molecular flexibility index (Phi) is 4.91. The van der Waals surface area contributed by atoms with Crippen molar-refractivity contribution < 1.29 is 0 Å². The highest BCUT2D eigenvalue weighted by molar-refractivity contribution is 9.10. The molecule has 0 radical (unpaired) electrons. The molecule has 1 unspecified atom stereocenters. The molecule has 0 saturated carbocycles. The van der Waals surface area contributed by atoms with Gasteiger partial charge in [-0.15, -0.1) is 0 Å². The van der Waals surface area contributed by atoms with Crippen molar-refractivity contribution in [1.82, 2.24) is 5.32 Å². The quantitative estimate of drug-likeness (QED) is 0.893. The Balaban J connectivity index is 2.31. The molecule has 2 rings (SSSR count). The second kappa shape index (κ2) is 6.27. The van der Waals surface area contributed by atoms with Gasteiger partial charge in [0.15, 0.2) is 0 Å². The van der Waals surface area contributed by atoms with E-state index in [1.54, 1.807) is 0 Å². The number of anilines is 1. The number of nitrogens with one attached hydrogen (secondary N) is 1. The van der Waals surface area contributed by atoms with E-state index in [4.69, 9.17) is 0 Å². The predicted octanol–water partition coefficient (Wildman–Crippen LogP) is 4.20. The normalized spacial score (nSPS) is 22.5. The van der Waals surface area contributed by atoms with Crippen LogP contribution in [0, 0.1) is 0 Å². The highest BCUT2D eigenvalue weighted by Crippen LogP contribution is 2.33. The van der Waals surface area contributed by atoms with Gasteiger partial charge >= 0.3 is 0 Å². The van der Waals surface area contributed by atoms with Crippen LogP contribution in [0.2, 0.25) is 0 Å². The molecule has 2 nitrogen and oxygen atoms in total. The second-order valence-electron chi connectivity index (χ2n) is 5.51. The first-order valence-corrected chi connectivity index (χ1v) is 8.21. The lowest BCUT2D eigenvalue weighted by Gasteiger charge is -2.48. The van der Waals surface area contributed by atoms with E-state index in [9.17, 15) is 0 Å². The fourth-order valence-electron chi connectivity index (χ4n) is 3.01. The summed E-state index contributed by atoms with van der Waals surface area (Å²) in [6.07, 6.45) is 3.54. The molecule has 0 spiro atoms. The summed E-state index contributed by atoms with van der Waals surface area (Å²) in [5, 5.41) is 3.80. The highest BCUT2D eigenvalue weighted by atomic mass is 79.9. The van der Waals surface area contributed by atoms with Crippen LogP contribution in [0.5, 0.6) is 0 Å². The van der Waals surface area contributed by atoms with E-state index in [-0.39, 0.29) is 5.54 Å². The minimum absolute atomic E-state index is 0.265. The topological polar surface area (TPSA) is 15.3 Å². The van der Waals surface area contributed by atoms with Gasteiger partial charge in [-0.2, -0.15) is 0 Å². The molecule has 1 N–H and O–H groups in total. The summed E-state index contributed by atoms with van der Waals surface area (Å²) < 4.78 is 1.21. The van der Waals surface area contributed by atoms with Crippen LogP contribution >= 0.6 is 15.9 Å². The van der Waals surface area contributed by atoms with E-state index in [1.165, 1.54) is 29.4 Å². The average Bonchev–Trinajstić information content (AvgIpc) is 2.47. The van der Waals surface area contributed by atoms with Gasteiger partial charge in [-0.25, -0.2) is 0 Å². The van der Waals surface area contributed by atoms with Crippen LogP contribution < -0.4 is 10.2 Å². The van der Waals surface area contributed by atoms with E-state index >= 15 is 0 Å². The van der Waals surface area contributed by atoms with Gasteiger partial charge in [0.05, 0.1) is 5.69 Å². The number of rotatable bonds is 4. The number of benzene rings is 1. The summed E-state index contributed by atoms with van der Waals surface area (Å²) in [7, 11) is 0. The van der Waals surface area contributed by atoms with E-state index in [2.05, 4.69) is 71.2 Å². The molecule has 1 saturated heterocycles. The van der Waals surface area contributed by atoms with Crippen LogP contribution in [0.3, 0.4) is 0 Å². The zero-order chi connectivity index (χ0) is 13.9. The molecule has 106 valence electrons. The lowest BCUT2D eigenvalue weighted by molar-refractivity contribution is 0.246. The molecule has 1 aromatic rings. The van der Waals surface area contributed by atoms with Crippen molar-refractivity contribution in [1.29, 1.82) is 0 Å². The maximum absolute atomic E-state index is 3.80. The van der Waals surface area contributed by atoms with Crippen molar-refractivity contribution in [3.63, 3.8) is 0 Å².